The van der Waals surface area contributed by atoms with E-state index in [1.807, 2.05) is 0 Å². The van der Waals surface area contributed by atoms with Crippen molar-refractivity contribution in [1.29, 1.82) is 0 Å². The van der Waals surface area contributed by atoms with Crippen LogP contribution in [0.4, 0.5) is 13.2 Å². The first-order valence-electron chi connectivity index (χ1n) is 6.77. The zero-order chi connectivity index (χ0) is 16.7. The van der Waals surface area contributed by atoms with E-state index in [-0.39, 0.29) is 24.1 Å². The number of hydrogen-bond donors (Lipinski definition) is 1. The molecule has 0 bridgehead atoms. The van der Waals surface area contributed by atoms with Gasteiger partial charge >= 0.3 is 12.1 Å². The number of rotatable bonds is 2. The summed E-state index contributed by atoms with van der Waals surface area (Å²) in [5.41, 5.74) is -1.36. The number of aromatic carboxylic acids is 1. The summed E-state index contributed by atoms with van der Waals surface area (Å²) in [6.45, 7) is 2.77. The molecule has 1 aliphatic heterocycles. The number of carboxylic acid groups (broad SMARTS) is 1. The van der Waals surface area contributed by atoms with E-state index in [1.165, 1.54) is 43.0 Å². The lowest BCUT2D eigenvalue weighted by Crippen LogP contribution is -2.49. The highest BCUT2D eigenvalue weighted by atomic mass is 19.4. The van der Waals surface area contributed by atoms with Crippen LogP contribution in [0.3, 0.4) is 0 Å². The Hall–Kier alpha value is -2.05. The van der Waals surface area contributed by atoms with Crippen molar-refractivity contribution in [3.8, 4) is 0 Å². The summed E-state index contributed by atoms with van der Waals surface area (Å²) < 4.78 is 39.1. The summed E-state index contributed by atoms with van der Waals surface area (Å²) in [4.78, 5) is 24.6. The summed E-state index contributed by atoms with van der Waals surface area (Å²) in [5.74, 6) is -3.37. The molecule has 1 aromatic rings. The molecule has 1 aromatic carbocycles. The summed E-state index contributed by atoms with van der Waals surface area (Å²) >= 11 is 0. The Balaban J connectivity index is 2.31. The number of halogens is 3. The third-order valence-electron chi connectivity index (χ3n) is 4.19. The first kappa shape index (κ1) is 16.3. The van der Waals surface area contributed by atoms with Crippen molar-refractivity contribution in [3.05, 3.63) is 35.4 Å². The Morgan fingerprint density at radius 2 is 1.86 bits per heavy atom. The Bertz CT molecular complexity index is 610. The molecule has 1 amide bonds. The lowest BCUT2D eigenvalue weighted by molar-refractivity contribution is -0.189. The fourth-order valence-electron chi connectivity index (χ4n) is 2.96. The fraction of sp³-hybridized carbons (Fsp3) is 0.467. The van der Waals surface area contributed by atoms with Crippen LogP contribution in [0.1, 0.15) is 41.0 Å². The summed E-state index contributed by atoms with van der Waals surface area (Å²) in [6.07, 6.45) is -4.53. The van der Waals surface area contributed by atoms with Crippen molar-refractivity contribution in [2.75, 3.05) is 6.54 Å². The number of hydrogen-bond acceptors (Lipinski definition) is 2. The monoisotopic (exact) mass is 315 g/mol. The van der Waals surface area contributed by atoms with Crippen LogP contribution in [0.2, 0.25) is 0 Å². The topological polar surface area (TPSA) is 57.6 Å². The van der Waals surface area contributed by atoms with Gasteiger partial charge in [0.05, 0.1) is 11.5 Å². The van der Waals surface area contributed by atoms with E-state index < -0.39 is 29.5 Å². The van der Waals surface area contributed by atoms with Crippen LogP contribution in [0, 0.1) is 5.92 Å². The van der Waals surface area contributed by atoms with Gasteiger partial charge in [0.2, 0.25) is 0 Å². The van der Waals surface area contributed by atoms with Crippen molar-refractivity contribution < 1.29 is 27.9 Å². The maximum absolute atomic E-state index is 13.0. The van der Waals surface area contributed by atoms with E-state index in [9.17, 15) is 22.8 Å². The molecule has 0 spiro atoms. The van der Waals surface area contributed by atoms with Gasteiger partial charge in [-0.2, -0.15) is 13.2 Å². The van der Waals surface area contributed by atoms with Crippen molar-refractivity contribution in [3.63, 3.8) is 0 Å². The number of amides is 1. The lowest BCUT2D eigenvalue weighted by atomic mass is 9.87. The van der Waals surface area contributed by atoms with Crippen molar-refractivity contribution >= 4 is 11.9 Å². The zero-order valence-corrected chi connectivity index (χ0v) is 12.1. The number of nitrogens with zero attached hydrogens (tertiary/aromatic N) is 1. The van der Waals surface area contributed by atoms with Gasteiger partial charge < -0.3 is 10.0 Å². The number of carboxylic acids is 1. The van der Waals surface area contributed by atoms with Gasteiger partial charge in [-0.15, -0.1) is 0 Å². The second-order valence-electron chi connectivity index (χ2n) is 5.88. The van der Waals surface area contributed by atoms with Crippen LogP contribution in [-0.4, -0.2) is 40.1 Å². The molecular weight excluding hydrogens is 299 g/mol. The molecule has 0 aliphatic carbocycles. The van der Waals surface area contributed by atoms with E-state index in [2.05, 4.69) is 0 Å². The minimum Gasteiger partial charge on any atom is -0.478 e. The van der Waals surface area contributed by atoms with Crippen LogP contribution in [0.25, 0.3) is 0 Å². The molecule has 1 N–H and O–H groups in total. The SMILES string of the molecule is CC1(C)C(C(F)(F)F)CCN1C(=O)c1cccc(C(=O)O)c1. The second-order valence-corrected chi connectivity index (χ2v) is 5.88. The highest BCUT2D eigenvalue weighted by Crippen LogP contribution is 2.45. The largest absolute Gasteiger partial charge is 0.478 e. The smallest absolute Gasteiger partial charge is 0.394 e. The van der Waals surface area contributed by atoms with Gasteiger partial charge in [0.15, 0.2) is 0 Å². The predicted molar refractivity (Wildman–Crippen MR) is 72.7 cm³/mol. The Morgan fingerprint density at radius 3 is 2.36 bits per heavy atom. The first-order valence-corrected chi connectivity index (χ1v) is 6.77. The third kappa shape index (κ3) is 2.80. The quantitative estimate of drug-likeness (QED) is 0.912. The van der Waals surface area contributed by atoms with Gasteiger partial charge in [-0.05, 0) is 38.5 Å². The van der Waals surface area contributed by atoms with Gasteiger partial charge in [-0.1, -0.05) is 6.07 Å². The summed E-state index contributed by atoms with van der Waals surface area (Å²) in [6, 6.07) is 5.32. The number of carbonyl (C=O) groups is 2. The number of benzene rings is 1. The average molecular weight is 315 g/mol. The highest BCUT2D eigenvalue weighted by molar-refractivity contribution is 5.98. The molecule has 0 aromatic heterocycles. The molecule has 22 heavy (non-hydrogen) atoms. The highest BCUT2D eigenvalue weighted by Gasteiger charge is 2.56. The van der Waals surface area contributed by atoms with Crippen molar-refractivity contribution in [2.45, 2.75) is 32.0 Å². The first-order chi connectivity index (χ1) is 10.0. The Kier molecular flexibility index (Phi) is 3.93. The maximum Gasteiger partial charge on any atom is 0.394 e. The van der Waals surface area contributed by atoms with Crippen LogP contribution in [0.15, 0.2) is 24.3 Å². The summed E-state index contributed by atoms with van der Waals surface area (Å²) in [5, 5.41) is 8.93. The molecule has 1 saturated heterocycles. The molecule has 0 saturated carbocycles. The molecular formula is C15H16F3NO3. The van der Waals surface area contributed by atoms with Crippen LogP contribution in [-0.2, 0) is 0 Å². The predicted octanol–water partition coefficient (Wildman–Crippen LogP) is 3.19. The normalized spacial score (nSPS) is 21.0. The van der Waals surface area contributed by atoms with E-state index in [0.29, 0.717) is 0 Å². The van der Waals surface area contributed by atoms with Crippen molar-refractivity contribution in [2.24, 2.45) is 5.92 Å². The van der Waals surface area contributed by atoms with Crippen LogP contribution in [0.5, 0.6) is 0 Å². The second kappa shape index (κ2) is 5.30. The van der Waals surface area contributed by atoms with Gasteiger partial charge in [0.1, 0.15) is 0 Å². The van der Waals surface area contributed by atoms with E-state index in [1.54, 1.807) is 0 Å². The fourth-order valence-corrected chi connectivity index (χ4v) is 2.96. The standard InChI is InChI=1S/C15H16F3NO3/c1-14(2)11(15(16,17)18)6-7-19(14)12(20)9-4-3-5-10(8-9)13(21)22/h3-5,8,11H,6-7H2,1-2H3,(H,21,22). The van der Waals surface area contributed by atoms with E-state index in [4.69, 9.17) is 5.11 Å². The molecule has 4 nitrogen and oxygen atoms in total. The zero-order valence-electron chi connectivity index (χ0n) is 12.1. The minimum absolute atomic E-state index is 0.00664. The molecule has 7 heteroatoms. The van der Waals surface area contributed by atoms with Crippen LogP contribution >= 0.6 is 0 Å². The minimum atomic E-state index is -4.37. The molecule has 1 heterocycles. The Labute approximate surface area is 125 Å². The van der Waals surface area contributed by atoms with Gasteiger partial charge in [-0.25, -0.2) is 4.79 Å². The molecule has 1 atom stereocenters. The molecule has 1 unspecified atom stereocenters. The van der Waals surface area contributed by atoms with Gasteiger partial charge in [0.25, 0.3) is 5.91 Å². The van der Waals surface area contributed by atoms with Crippen molar-refractivity contribution in [1.82, 2.24) is 4.90 Å². The third-order valence-corrected chi connectivity index (χ3v) is 4.19. The number of alkyl halides is 3. The lowest BCUT2D eigenvalue weighted by Gasteiger charge is -2.36. The van der Waals surface area contributed by atoms with Crippen LogP contribution < -0.4 is 0 Å². The Morgan fingerprint density at radius 1 is 1.27 bits per heavy atom. The molecule has 120 valence electrons. The summed E-state index contributed by atoms with van der Waals surface area (Å²) in [7, 11) is 0. The van der Waals surface area contributed by atoms with Gasteiger partial charge in [0, 0.05) is 17.6 Å². The average Bonchev–Trinajstić information content (AvgIpc) is 2.73. The molecule has 2 rings (SSSR count). The van der Waals surface area contributed by atoms with Gasteiger partial charge in [-0.3, -0.25) is 4.79 Å². The molecule has 1 fully saturated rings. The molecule has 0 radical (unpaired) electrons. The van der Waals surface area contributed by atoms with E-state index in [0.717, 1.165) is 0 Å². The molecule has 1 aliphatic rings. The van der Waals surface area contributed by atoms with E-state index >= 15 is 0 Å². The maximum atomic E-state index is 13.0. The number of carbonyl (C=O) groups excluding carboxylic acids is 1. The number of likely N-dealkylation sites (tertiary alicyclic amines) is 1.